The van der Waals surface area contributed by atoms with Gasteiger partial charge in [-0.2, -0.15) is 0 Å². The van der Waals surface area contributed by atoms with E-state index in [0.717, 1.165) is 26.3 Å². The molecule has 1 aliphatic heterocycles. The molecule has 0 bridgehead atoms. The number of aromatic nitrogens is 1. The van der Waals surface area contributed by atoms with Crippen LogP contribution in [0.3, 0.4) is 0 Å². The first kappa shape index (κ1) is 18.2. The zero-order chi connectivity index (χ0) is 19.6. The molecule has 1 N–H and O–H groups in total. The molecule has 0 saturated carbocycles. The SMILES string of the molecule is Cc1ccc(C(c2c(-c3ccccc3)[nH]c3ccccc23)N2CCOCC2)cc1. The van der Waals surface area contributed by atoms with Gasteiger partial charge in [-0.05, 0) is 24.1 Å². The Morgan fingerprint density at radius 1 is 0.828 bits per heavy atom. The number of nitrogens with one attached hydrogen (secondary N) is 1. The number of para-hydroxylation sites is 1. The molecule has 0 radical (unpaired) electrons. The van der Waals surface area contributed by atoms with E-state index in [1.54, 1.807) is 0 Å². The first-order valence-electron chi connectivity index (χ1n) is 10.4. The Kier molecular flexibility index (Phi) is 4.92. The number of H-pyrrole nitrogens is 1. The molecule has 0 aliphatic carbocycles. The quantitative estimate of drug-likeness (QED) is 0.500. The summed E-state index contributed by atoms with van der Waals surface area (Å²) in [5.41, 5.74) is 7.60. The van der Waals surface area contributed by atoms with E-state index in [2.05, 4.69) is 95.7 Å². The largest absolute Gasteiger partial charge is 0.379 e. The summed E-state index contributed by atoms with van der Waals surface area (Å²) < 4.78 is 5.68. The standard InChI is InChI=1S/C26H26N2O/c1-19-11-13-21(14-12-19)26(28-15-17-29-18-16-28)24-22-9-5-6-10-23(22)27-25(24)20-7-3-2-4-8-20/h2-14,26-27H,15-18H2,1H3. The number of hydrogen-bond acceptors (Lipinski definition) is 2. The van der Waals surface area contributed by atoms with E-state index in [-0.39, 0.29) is 6.04 Å². The van der Waals surface area contributed by atoms with E-state index in [1.165, 1.54) is 38.9 Å². The Balaban J connectivity index is 1.75. The number of aromatic amines is 1. The second-order valence-electron chi connectivity index (χ2n) is 7.79. The lowest BCUT2D eigenvalue weighted by Gasteiger charge is -2.35. The summed E-state index contributed by atoms with van der Waals surface area (Å²) in [6, 6.07) is 28.5. The number of aryl methyl sites for hydroxylation is 1. The van der Waals surface area contributed by atoms with Crippen molar-refractivity contribution < 1.29 is 4.74 Å². The molecule has 0 spiro atoms. The highest BCUT2D eigenvalue weighted by Gasteiger charge is 2.29. The molecule has 1 aliphatic rings. The molecule has 29 heavy (non-hydrogen) atoms. The predicted molar refractivity (Wildman–Crippen MR) is 119 cm³/mol. The lowest BCUT2D eigenvalue weighted by atomic mass is 9.91. The zero-order valence-corrected chi connectivity index (χ0v) is 16.8. The van der Waals surface area contributed by atoms with E-state index < -0.39 is 0 Å². The van der Waals surface area contributed by atoms with Crippen molar-refractivity contribution in [2.75, 3.05) is 26.3 Å². The maximum atomic E-state index is 5.68. The minimum Gasteiger partial charge on any atom is -0.379 e. The van der Waals surface area contributed by atoms with Gasteiger partial charge in [-0.3, -0.25) is 4.90 Å². The number of hydrogen-bond donors (Lipinski definition) is 1. The summed E-state index contributed by atoms with van der Waals surface area (Å²) in [5, 5.41) is 1.29. The summed E-state index contributed by atoms with van der Waals surface area (Å²) in [6.45, 7) is 5.59. The maximum absolute atomic E-state index is 5.68. The molecule has 3 heteroatoms. The van der Waals surface area contributed by atoms with Crippen LogP contribution in [0.1, 0.15) is 22.7 Å². The maximum Gasteiger partial charge on any atom is 0.0630 e. The molecule has 146 valence electrons. The molecule has 3 aromatic carbocycles. The van der Waals surface area contributed by atoms with Crippen molar-refractivity contribution in [1.29, 1.82) is 0 Å². The van der Waals surface area contributed by atoms with Crippen LogP contribution in [0.2, 0.25) is 0 Å². The first-order chi connectivity index (χ1) is 14.3. The second kappa shape index (κ2) is 7.86. The van der Waals surface area contributed by atoms with Crippen LogP contribution in [0.5, 0.6) is 0 Å². The van der Waals surface area contributed by atoms with E-state index >= 15 is 0 Å². The highest BCUT2D eigenvalue weighted by molar-refractivity contribution is 5.91. The van der Waals surface area contributed by atoms with Gasteiger partial charge in [0.05, 0.1) is 24.9 Å². The van der Waals surface area contributed by atoms with Gasteiger partial charge in [0.1, 0.15) is 0 Å². The van der Waals surface area contributed by atoms with Gasteiger partial charge in [0.2, 0.25) is 0 Å². The van der Waals surface area contributed by atoms with Crippen LogP contribution in [0.4, 0.5) is 0 Å². The molecule has 1 atom stereocenters. The van der Waals surface area contributed by atoms with E-state index in [4.69, 9.17) is 4.74 Å². The second-order valence-corrected chi connectivity index (χ2v) is 7.79. The van der Waals surface area contributed by atoms with Crippen LogP contribution in [0, 0.1) is 6.92 Å². The minimum absolute atomic E-state index is 0.186. The Bertz CT molecular complexity index is 1090. The molecular weight excluding hydrogens is 356 g/mol. The highest BCUT2D eigenvalue weighted by Crippen LogP contribution is 2.40. The summed E-state index contributed by atoms with van der Waals surface area (Å²) in [4.78, 5) is 6.29. The molecule has 1 saturated heterocycles. The van der Waals surface area contributed by atoms with E-state index in [1.807, 2.05) is 0 Å². The lowest BCUT2D eigenvalue weighted by molar-refractivity contribution is 0.0243. The van der Waals surface area contributed by atoms with Crippen LogP contribution < -0.4 is 0 Å². The topological polar surface area (TPSA) is 28.3 Å². The summed E-state index contributed by atoms with van der Waals surface area (Å²) in [6.07, 6.45) is 0. The van der Waals surface area contributed by atoms with Gasteiger partial charge in [-0.15, -0.1) is 0 Å². The van der Waals surface area contributed by atoms with Crippen LogP contribution in [0.25, 0.3) is 22.2 Å². The molecule has 1 fully saturated rings. The van der Waals surface area contributed by atoms with Gasteiger partial charge >= 0.3 is 0 Å². The summed E-state index contributed by atoms with van der Waals surface area (Å²) in [7, 11) is 0. The number of ether oxygens (including phenoxy) is 1. The minimum atomic E-state index is 0.186. The third-order valence-corrected chi connectivity index (χ3v) is 5.89. The van der Waals surface area contributed by atoms with Crippen LogP contribution in [-0.2, 0) is 4.74 Å². The Morgan fingerprint density at radius 2 is 1.52 bits per heavy atom. The third kappa shape index (κ3) is 3.48. The van der Waals surface area contributed by atoms with Crippen molar-refractivity contribution in [2.24, 2.45) is 0 Å². The predicted octanol–water partition coefficient (Wildman–Crippen LogP) is 5.56. The van der Waals surface area contributed by atoms with Gasteiger partial charge in [0.15, 0.2) is 0 Å². The van der Waals surface area contributed by atoms with Crippen molar-refractivity contribution in [1.82, 2.24) is 9.88 Å². The molecule has 5 rings (SSSR count). The number of rotatable bonds is 4. The average molecular weight is 383 g/mol. The van der Waals surface area contributed by atoms with Gasteiger partial charge < -0.3 is 9.72 Å². The normalized spacial score (nSPS) is 16.2. The van der Waals surface area contributed by atoms with Crippen molar-refractivity contribution in [3.8, 4) is 11.3 Å². The van der Waals surface area contributed by atoms with E-state index in [0.29, 0.717) is 0 Å². The van der Waals surface area contributed by atoms with Gasteiger partial charge in [-0.25, -0.2) is 0 Å². The number of morpholine rings is 1. The van der Waals surface area contributed by atoms with Crippen LogP contribution in [0.15, 0.2) is 78.9 Å². The Morgan fingerprint density at radius 3 is 2.28 bits per heavy atom. The van der Waals surface area contributed by atoms with Crippen LogP contribution >= 0.6 is 0 Å². The first-order valence-corrected chi connectivity index (χ1v) is 10.4. The fraction of sp³-hybridized carbons (Fsp3) is 0.231. The van der Waals surface area contributed by atoms with Crippen molar-refractivity contribution in [3.05, 3.63) is 95.6 Å². The molecule has 1 unspecified atom stereocenters. The van der Waals surface area contributed by atoms with Crippen molar-refractivity contribution in [3.63, 3.8) is 0 Å². The Labute approximate surface area is 171 Å². The molecule has 1 aromatic heterocycles. The van der Waals surface area contributed by atoms with Gasteiger partial charge in [0, 0.05) is 29.6 Å². The van der Waals surface area contributed by atoms with Gasteiger partial charge in [-0.1, -0.05) is 78.4 Å². The van der Waals surface area contributed by atoms with Gasteiger partial charge in [0.25, 0.3) is 0 Å². The molecule has 2 heterocycles. The highest BCUT2D eigenvalue weighted by atomic mass is 16.5. The lowest BCUT2D eigenvalue weighted by Crippen LogP contribution is -2.39. The third-order valence-electron chi connectivity index (χ3n) is 5.89. The summed E-state index contributed by atoms with van der Waals surface area (Å²) >= 11 is 0. The fourth-order valence-corrected chi connectivity index (χ4v) is 4.42. The number of fused-ring (bicyclic) bond motifs is 1. The molecule has 0 amide bonds. The molecule has 4 aromatic rings. The zero-order valence-electron chi connectivity index (χ0n) is 16.8. The monoisotopic (exact) mass is 382 g/mol. The van der Waals surface area contributed by atoms with Crippen molar-refractivity contribution >= 4 is 10.9 Å². The smallest absolute Gasteiger partial charge is 0.0630 e. The number of benzene rings is 3. The summed E-state index contributed by atoms with van der Waals surface area (Å²) in [5.74, 6) is 0. The average Bonchev–Trinajstić information content (AvgIpc) is 3.16. The van der Waals surface area contributed by atoms with Crippen LogP contribution in [-0.4, -0.2) is 36.2 Å². The van der Waals surface area contributed by atoms with E-state index in [9.17, 15) is 0 Å². The fourth-order valence-electron chi connectivity index (χ4n) is 4.42. The van der Waals surface area contributed by atoms with Crippen molar-refractivity contribution in [2.45, 2.75) is 13.0 Å². The molecule has 3 nitrogen and oxygen atoms in total. The Hall–Kier alpha value is -2.88. The number of nitrogens with zero attached hydrogens (tertiary/aromatic N) is 1. The molecular formula is C26H26N2O.